The quantitative estimate of drug-likeness (QED) is 0.596. The molecule has 0 amide bonds. The summed E-state index contributed by atoms with van der Waals surface area (Å²) in [7, 11) is 2.67. The van der Waals surface area contributed by atoms with Gasteiger partial charge in [-0.15, -0.1) is 0 Å². The predicted molar refractivity (Wildman–Crippen MR) is 65.7 cm³/mol. The lowest BCUT2D eigenvalue weighted by atomic mass is 10.1. The first-order valence-electron chi connectivity index (χ1n) is 5.37. The average Bonchev–Trinajstić information content (AvgIpc) is 2.38. The molecule has 0 radical (unpaired) electrons. The van der Waals surface area contributed by atoms with E-state index >= 15 is 0 Å². The Morgan fingerprint density at radius 1 is 1.17 bits per heavy atom. The maximum Gasteiger partial charge on any atom is 0.317 e. The highest BCUT2D eigenvalue weighted by Gasteiger charge is 2.02. The monoisotopic (exact) mass is 246 g/mol. The molecule has 0 saturated heterocycles. The van der Waals surface area contributed by atoms with Gasteiger partial charge in [-0.3, -0.25) is 9.59 Å². The van der Waals surface area contributed by atoms with Gasteiger partial charge in [0.05, 0.1) is 20.6 Å². The molecule has 0 spiro atoms. The molecule has 0 heterocycles. The second-order valence-electron chi connectivity index (χ2n) is 3.51. The molecular weight excluding hydrogens is 232 g/mol. The minimum absolute atomic E-state index is 0.0533. The third kappa shape index (κ3) is 4.71. The maximum atomic E-state index is 11.1. The number of esters is 2. The highest BCUT2D eigenvalue weighted by molar-refractivity contribution is 5.73. The maximum absolute atomic E-state index is 11.1. The molecule has 18 heavy (non-hydrogen) atoms. The fourth-order valence-electron chi connectivity index (χ4n) is 1.29. The van der Waals surface area contributed by atoms with E-state index < -0.39 is 0 Å². The van der Waals surface area contributed by atoms with Crippen molar-refractivity contribution in [2.75, 3.05) is 14.2 Å². The Labute approximate surface area is 106 Å². The summed E-state index contributed by atoms with van der Waals surface area (Å²) in [6.07, 6.45) is 0.265. The van der Waals surface area contributed by atoms with E-state index in [1.165, 1.54) is 14.2 Å². The smallest absolute Gasteiger partial charge is 0.317 e. The van der Waals surface area contributed by atoms with Crippen LogP contribution in [0.25, 0.3) is 0 Å². The minimum atomic E-state index is -0.367. The zero-order chi connectivity index (χ0) is 13.4. The van der Waals surface area contributed by atoms with Gasteiger partial charge < -0.3 is 9.47 Å². The van der Waals surface area contributed by atoms with Crippen LogP contribution in [0.2, 0.25) is 0 Å². The molecule has 0 N–H and O–H groups in total. The van der Waals surface area contributed by atoms with Crippen molar-refractivity contribution in [3.05, 3.63) is 35.4 Å². The lowest BCUT2D eigenvalue weighted by Gasteiger charge is -2.00. The molecule has 0 aliphatic carbocycles. The van der Waals surface area contributed by atoms with Gasteiger partial charge in [-0.05, 0) is 17.7 Å². The van der Waals surface area contributed by atoms with Crippen LogP contribution in [0.3, 0.4) is 0 Å². The van der Waals surface area contributed by atoms with Crippen molar-refractivity contribution in [1.82, 2.24) is 0 Å². The Bertz CT molecular complexity index is 494. The van der Waals surface area contributed by atoms with Crippen LogP contribution in [0.5, 0.6) is 0 Å². The van der Waals surface area contributed by atoms with E-state index in [0.717, 1.165) is 11.1 Å². The SMILES string of the molecule is COC(=O)CC#Cc1cccc(CC(=O)OC)c1. The van der Waals surface area contributed by atoms with Crippen LogP contribution < -0.4 is 0 Å². The lowest BCUT2D eigenvalue weighted by Crippen LogP contribution is -2.04. The summed E-state index contributed by atoms with van der Waals surface area (Å²) < 4.78 is 9.06. The normalized spacial score (nSPS) is 9.00. The molecule has 0 saturated carbocycles. The summed E-state index contributed by atoms with van der Waals surface area (Å²) in [4.78, 5) is 22.0. The fourth-order valence-corrected chi connectivity index (χ4v) is 1.29. The van der Waals surface area contributed by atoms with E-state index in [9.17, 15) is 9.59 Å². The Balaban J connectivity index is 2.70. The zero-order valence-corrected chi connectivity index (χ0v) is 10.4. The zero-order valence-electron chi connectivity index (χ0n) is 10.4. The second-order valence-corrected chi connectivity index (χ2v) is 3.51. The van der Waals surface area contributed by atoms with Crippen molar-refractivity contribution in [3.8, 4) is 11.8 Å². The molecule has 1 rings (SSSR count). The van der Waals surface area contributed by atoms with E-state index in [0.29, 0.717) is 0 Å². The summed E-state index contributed by atoms with van der Waals surface area (Å²) in [5, 5.41) is 0. The van der Waals surface area contributed by atoms with Crippen molar-refractivity contribution in [3.63, 3.8) is 0 Å². The van der Waals surface area contributed by atoms with Crippen LogP contribution in [0, 0.1) is 11.8 Å². The summed E-state index contributed by atoms with van der Waals surface area (Å²) in [6, 6.07) is 7.23. The number of rotatable bonds is 3. The van der Waals surface area contributed by atoms with Gasteiger partial charge in [0.25, 0.3) is 0 Å². The van der Waals surface area contributed by atoms with Gasteiger partial charge in [-0.2, -0.15) is 0 Å². The summed E-state index contributed by atoms with van der Waals surface area (Å²) in [5.74, 6) is 4.88. The largest absolute Gasteiger partial charge is 0.469 e. The molecule has 0 unspecified atom stereocenters. The van der Waals surface area contributed by atoms with Crippen molar-refractivity contribution in [1.29, 1.82) is 0 Å². The number of carbonyl (C=O) groups is 2. The van der Waals surface area contributed by atoms with Crippen LogP contribution >= 0.6 is 0 Å². The van der Waals surface area contributed by atoms with Gasteiger partial charge in [0.1, 0.15) is 6.42 Å². The molecule has 0 atom stereocenters. The van der Waals surface area contributed by atoms with Gasteiger partial charge >= 0.3 is 11.9 Å². The molecule has 0 aromatic heterocycles. The highest BCUT2D eigenvalue weighted by atomic mass is 16.5. The van der Waals surface area contributed by atoms with Crippen LogP contribution in [-0.2, 0) is 25.5 Å². The third-order valence-electron chi connectivity index (χ3n) is 2.20. The van der Waals surface area contributed by atoms with Crippen LogP contribution in [0.4, 0.5) is 0 Å². The van der Waals surface area contributed by atoms with E-state index in [1.807, 2.05) is 12.1 Å². The van der Waals surface area contributed by atoms with Gasteiger partial charge in [-0.25, -0.2) is 0 Å². The Morgan fingerprint density at radius 3 is 2.56 bits per heavy atom. The number of hydrogen-bond acceptors (Lipinski definition) is 4. The molecule has 4 heteroatoms. The van der Waals surface area contributed by atoms with Crippen molar-refractivity contribution < 1.29 is 19.1 Å². The minimum Gasteiger partial charge on any atom is -0.469 e. The van der Waals surface area contributed by atoms with Crippen molar-refractivity contribution in [2.45, 2.75) is 12.8 Å². The van der Waals surface area contributed by atoms with Gasteiger partial charge in [0, 0.05) is 5.56 Å². The topological polar surface area (TPSA) is 52.6 Å². The Hall–Kier alpha value is -2.28. The standard InChI is InChI=1S/C14H14O4/c1-17-13(15)8-4-6-11-5-3-7-12(9-11)10-14(16)18-2/h3,5,7,9H,8,10H2,1-2H3. The van der Waals surface area contributed by atoms with E-state index in [1.54, 1.807) is 12.1 Å². The fraction of sp³-hybridized carbons (Fsp3) is 0.286. The Morgan fingerprint density at radius 2 is 1.89 bits per heavy atom. The molecule has 1 aromatic carbocycles. The molecular formula is C14H14O4. The average molecular weight is 246 g/mol. The predicted octanol–water partition coefficient (Wildman–Crippen LogP) is 1.32. The van der Waals surface area contributed by atoms with Crippen LogP contribution in [0.1, 0.15) is 17.5 Å². The Kier molecular flexibility index (Phi) is 5.46. The third-order valence-corrected chi connectivity index (χ3v) is 2.20. The second kappa shape index (κ2) is 7.13. The summed E-state index contributed by atoms with van der Waals surface area (Å²) in [5.41, 5.74) is 1.58. The summed E-state index contributed by atoms with van der Waals surface area (Å²) >= 11 is 0. The van der Waals surface area contributed by atoms with Gasteiger partial charge in [0.2, 0.25) is 0 Å². The number of methoxy groups -OCH3 is 2. The van der Waals surface area contributed by atoms with Gasteiger partial charge in [0.15, 0.2) is 0 Å². The molecule has 1 aromatic rings. The lowest BCUT2D eigenvalue weighted by molar-refractivity contribution is -0.140. The van der Waals surface area contributed by atoms with Crippen molar-refractivity contribution >= 4 is 11.9 Å². The molecule has 0 bridgehead atoms. The number of carbonyl (C=O) groups excluding carboxylic acids is 2. The first-order valence-corrected chi connectivity index (χ1v) is 5.37. The first kappa shape index (κ1) is 13.8. The number of ether oxygens (including phenoxy) is 2. The molecule has 0 aliphatic heterocycles. The molecule has 4 nitrogen and oxygen atoms in total. The molecule has 0 aliphatic rings. The highest BCUT2D eigenvalue weighted by Crippen LogP contribution is 2.05. The van der Waals surface area contributed by atoms with E-state index in [2.05, 4.69) is 21.3 Å². The van der Waals surface area contributed by atoms with Gasteiger partial charge in [-0.1, -0.05) is 24.0 Å². The first-order chi connectivity index (χ1) is 8.65. The van der Waals surface area contributed by atoms with Crippen LogP contribution in [-0.4, -0.2) is 26.2 Å². The number of benzene rings is 1. The van der Waals surface area contributed by atoms with E-state index in [4.69, 9.17) is 0 Å². The summed E-state index contributed by atoms with van der Waals surface area (Å²) in [6.45, 7) is 0. The molecule has 94 valence electrons. The van der Waals surface area contributed by atoms with Crippen molar-refractivity contribution in [2.24, 2.45) is 0 Å². The number of hydrogen-bond donors (Lipinski definition) is 0. The van der Waals surface area contributed by atoms with E-state index in [-0.39, 0.29) is 24.8 Å². The molecule has 0 fully saturated rings. The van der Waals surface area contributed by atoms with Crippen LogP contribution in [0.15, 0.2) is 24.3 Å².